The van der Waals surface area contributed by atoms with Gasteiger partial charge in [-0.1, -0.05) is 27.7 Å². The highest BCUT2D eigenvalue weighted by Crippen LogP contribution is 2.25. The van der Waals surface area contributed by atoms with E-state index in [0.29, 0.717) is 0 Å². The summed E-state index contributed by atoms with van der Waals surface area (Å²) >= 11 is 0. The lowest BCUT2D eigenvalue weighted by Gasteiger charge is -2.41. The van der Waals surface area contributed by atoms with Crippen molar-refractivity contribution >= 4 is 23.8 Å². The Kier molecular flexibility index (Phi) is 9.77. The van der Waals surface area contributed by atoms with Crippen LogP contribution in [0.1, 0.15) is 53.4 Å². The fourth-order valence-corrected chi connectivity index (χ4v) is 2.33. The Morgan fingerprint density at radius 3 is 1.93 bits per heavy atom. The molecule has 9 heteroatoms. The average molecular weight is 386 g/mol. The molecule has 1 amide bonds. The monoisotopic (exact) mass is 386 g/mol. The molecule has 1 aliphatic rings. The van der Waals surface area contributed by atoms with E-state index in [4.69, 9.17) is 18.9 Å². The quantitative estimate of drug-likeness (QED) is 0.461. The molecule has 0 aromatic carbocycles. The van der Waals surface area contributed by atoms with E-state index in [1.807, 2.05) is 0 Å². The number of rotatable bonds is 9. The van der Waals surface area contributed by atoms with Gasteiger partial charge in [0.1, 0.15) is 19.3 Å². The molecule has 1 rings (SSSR count). The fourth-order valence-electron chi connectivity index (χ4n) is 2.33. The van der Waals surface area contributed by atoms with Crippen LogP contribution in [0.3, 0.4) is 0 Å². The number of carbonyl (C=O) groups is 4. The molecule has 1 radical (unpaired) electrons. The van der Waals surface area contributed by atoms with Crippen molar-refractivity contribution in [1.82, 2.24) is 5.32 Å². The van der Waals surface area contributed by atoms with Gasteiger partial charge in [-0.15, -0.1) is 0 Å². The van der Waals surface area contributed by atoms with E-state index >= 15 is 0 Å². The summed E-state index contributed by atoms with van der Waals surface area (Å²) in [6, 6.07) is -0.805. The molecule has 0 bridgehead atoms. The maximum absolute atomic E-state index is 11.9. The molecule has 4 atom stereocenters. The third kappa shape index (κ3) is 7.16. The summed E-state index contributed by atoms with van der Waals surface area (Å²) in [6.45, 7) is 7.69. The van der Waals surface area contributed by atoms with Gasteiger partial charge < -0.3 is 24.3 Å². The first kappa shape index (κ1) is 22.9. The molecule has 153 valence electrons. The normalized spacial score (nSPS) is 24.6. The highest BCUT2D eigenvalue weighted by molar-refractivity contribution is 5.76. The van der Waals surface area contributed by atoms with Crippen molar-refractivity contribution in [2.75, 3.05) is 6.61 Å². The van der Waals surface area contributed by atoms with Gasteiger partial charge in [-0.05, 0) is 0 Å². The van der Waals surface area contributed by atoms with Crippen LogP contribution < -0.4 is 5.32 Å². The van der Waals surface area contributed by atoms with Gasteiger partial charge >= 0.3 is 17.9 Å². The van der Waals surface area contributed by atoms with Crippen LogP contribution in [0.15, 0.2) is 0 Å². The van der Waals surface area contributed by atoms with Gasteiger partial charge in [0.15, 0.2) is 12.2 Å². The lowest BCUT2D eigenvalue weighted by atomic mass is 9.97. The first-order chi connectivity index (χ1) is 12.9. The Labute approximate surface area is 159 Å². The molecule has 0 saturated carbocycles. The summed E-state index contributed by atoms with van der Waals surface area (Å²) in [7, 11) is 0. The van der Waals surface area contributed by atoms with E-state index in [9.17, 15) is 19.2 Å². The molecule has 0 unspecified atom stereocenters. The fraction of sp³-hybridized carbons (Fsp3) is 0.722. The van der Waals surface area contributed by atoms with Crippen LogP contribution in [-0.2, 0) is 38.1 Å². The number of amides is 1. The number of hydrogen-bond acceptors (Lipinski definition) is 8. The van der Waals surface area contributed by atoms with Crippen molar-refractivity contribution in [1.29, 1.82) is 0 Å². The van der Waals surface area contributed by atoms with Crippen LogP contribution in [0.25, 0.3) is 0 Å². The van der Waals surface area contributed by atoms with E-state index in [0.717, 1.165) is 0 Å². The van der Waals surface area contributed by atoms with Crippen molar-refractivity contribution in [2.24, 2.45) is 0 Å². The maximum Gasteiger partial charge on any atom is 0.306 e. The van der Waals surface area contributed by atoms with Gasteiger partial charge in [-0.3, -0.25) is 19.2 Å². The first-order valence-electron chi connectivity index (χ1n) is 9.18. The Balaban J connectivity index is 3.05. The minimum absolute atomic E-state index is 0.0993. The Bertz CT molecular complexity index is 535. The van der Waals surface area contributed by atoms with Gasteiger partial charge in [0.2, 0.25) is 5.91 Å². The van der Waals surface area contributed by atoms with Crippen molar-refractivity contribution in [3.05, 3.63) is 6.61 Å². The third-order valence-electron chi connectivity index (χ3n) is 3.90. The van der Waals surface area contributed by atoms with E-state index in [1.165, 1.54) is 6.61 Å². The Hall–Kier alpha value is -2.16. The number of nitrogens with one attached hydrogen (secondary N) is 1. The van der Waals surface area contributed by atoms with E-state index in [1.54, 1.807) is 27.7 Å². The van der Waals surface area contributed by atoms with Crippen molar-refractivity contribution in [3.63, 3.8) is 0 Å². The molecule has 27 heavy (non-hydrogen) atoms. The van der Waals surface area contributed by atoms with Gasteiger partial charge in [-0.2, -0.15) is 0 Å². The van der Waals surface area contributed by atoms with Crippen molar-refractivity contribution in [2.45, 2.75) is 77.7 Å². The predicted octanol–water partition coefficient (Wildman–Crippen LogP) is 1.04. The van der Waals surface area contributed by atoms with Crippen LogP contribution in [0.4, 0.5) is 0 Å². The van der Waals surface area contributed by atoms with Crippen molar-refractivity contribution in [3.8, 4) is 0 Å². The number of esters is 3. The van der Waals surface area contributed by atoms with Gasteiger partial charge in [-0.25, -0.2) is 0 Å². The third-order valence-corrected chi connectivity index (χ3v) is 3.90. The van der Waals surface area contributed by atoms with E-state index < -0.39 is 42.3 Å². The number of carbonyl (C=O) groups excluding carboxylic acids is 4. The smallest absolute Gasteiger partial charge is 0.306 e. The second kappa shape index (κ2) is 11.5. The summed E-state index contributed by atoms with van der Waals surface area (Å²) in [6.07, 6.45) is -2.29. The summed E-state index contributed by atoms with van der Waals surface area (Å²) in [5.41, 5.74) is 0. The minimum atomic E-state index is -1.04. The molecule has 1 fully saturated rings. The lowest BCUT2D eigenvalue weighted by Crippen LogP contribution is -2.60. The second-order valence-corrected chi connectivity index (χ2v) is 5.91. The zero-order valence-corrected chi connectivity index (χ0v) is 16.2. The molecule has 9 nitrogen and oxygen atoms in total. The van der Waals surface area contributed by atoms with Crippen LogP contribution in [0.2, 0.25) is 0 Å². The standard InChI is InChI=1S/C18H28NO8/c1-5-13(20)19-11-9-24-12(10-25-14(21)6-2)18(27-16(23)8-4)17(11)26-15(22)7-3/h9,11-12,17-18H,5-8,10H2,1-4H3,(H,19,20)/t11-,12-,17-,18-/m1/s1. The van der Waals surface area contributed by atoms with Crippen molar-refractivity contribution < 1.29 is 38.1 Å². The molecule has 1 N–H and O–H groups in total. The van der Waals surface area contributed by atoms with Gasteiger partial charge in [0.05, 0.1) is 6.04 Å². The minimum Gasteiger partial charge on any atom is -0.463 e. The van der Waals surface area contributed by atoms with Crippen LogP contribution >= 0.6 is 0 Å². The Morgan fingerprint density at radius 2 is 1.41 bits per heavy atom. The first-order valence-corrected chi connectivity index (χ1v) is 9.18. The van der Waals surface area contributed by atoms with Gasteiger partial charge in [0.25, 0.3) is 0 Å². The molecular weight excluding hydrogens is 358 g/mol. The molecular formula is C18H28NO8. The van der Waals surface area contributed by atoms with Crippen LogP contribution in [0.5, 0.6) is 0 Å². The molecule has 0 aliphatic carbocycles. The topological polar surface area (TPSA) is 117 Å². The Morgan fingerprint density at radius 1 is 0.852 bits per heavy atom. The zero-order chi connectivity index (χ0) is 20.4. The highest BCUT2D eigenvalue weighted by Gasteiger charge is 2.46. The van der Waals surface area contributed by atoms with Gasteiger partial charge in [0, 0.05) is 25.7 Å². The molecule has 0 aromatic rings. The summed E-state index contributed by atoms with van der Waals surface area (Å²) in [4.78, 5) is 47.0. The molecule has 1 saturated heterocycles. The predicted molar refractivity (Wildman–Crippen MR) is 93.0 cm³/mol. The number of hydrogen-bond donors (Lipinski definition) is 1. The second-order valence-electron chi connectivity index (χ2n) is 5.91. The maximum atomic E-state index is 11.9. The zero-order valence-electron chi connectivity index (χ0n) is 16.2. The molecule has 1 heterocycles. The summed E-state index contributed by atoms with van der Waals surface area (Å²) in [5, 5.41) is 2.67. The lowest BCUT2D eigenvalue weighted by molar-refractivity contribution is -0.199. The van der Waals surface area contributed by atoms with Crippen LogP contribution in [-0.4, -0.2) is 54.8 Å². The highest BCUT2D eigenvalue weighted by atomic mass is 16.6. The molecule has 0 aromatic heterocycles. The van der Waals surface area contributed by atoms with E-state index in [-0.39, 0.29) is 38.2 Å². The SMILES string of the molecule is CCC(=O)N[C@@H]1[CH]O[C@H](COC(=O)CC)[C@@H](OC(=O)CC)[C@@H]1OC(=O)CC. The largest absolute Gasteiger partial charge is 0.463 e. The summed E-state index contributed by atoms with van der Waals surface area (Å²) < 4.78 is 21.5. The summed E-state index contributed by atoms with van der Waals surface area (Å²) in [5.74, 6) is -1.78. The van der Waals surface area contributed by atoms with Crippen LogP contribution in [0, 0.1) is 6.61 Å². The average Bonchev–Trinajstić information content (AvgIpc) is 2.68. The number of ether oxygens (including phenoxy) is 4. The molecule has 1 aliphatic heterocycles. The van der Waals surface area contributed by atoms with E-state index in [2.05, 4.69) is 5.32 Å². The molecule has 0 spiro atoms.